The fourth-order valence-corrected chi connectivity index (χ4v) is 17.0. The highest BCUT2D eigenvalue weighted by Gasteiger charge is 2.30. The number of fused-ring (bicyclic) bond motifs is 10. The molecule has 17 heterocycles. The first-order valence-corrected chi connectivity index (χ1v) is 44.1. The topological polar surface area (TPSA) is 310 Å². The standard InChI is InChI=1S/C24H20FN7O.C19H19N5.2C19H21N5.C18H19N5/c1-14-18-10-16(29-24-22-15(12-28-24)4-2-8-26-22)6-7-21(18)32(30-14)13-17-11-20(31-33-17)23-19(25)5-3-9-27-23;1-12-16-9-15(6-7-17(16)24(23-12)11-13-4-5-13)22-19-18-14(10-21-19)3-2-8-20-18;1-12(2)11-24-17-7-6-15(9-16(17)13(3)23-24)22-19-18-14(10-21-19)5-4-8-20-18;1-3-4-10-24-17-8-7-15(11-16(17)13(2)23-24)22-19-18-14(12-21-19)6-5-9-20-18;1-3-9-23-16-7-6-14(10-15(16)12(2)22-23)21-18-17-13(11-20-18)5-4-8-19-17/h2-10,17H,11-13H2,1H3,(H,28,29);2-3,6-9,13H,4-5,10-11H2,1H3,(H,21,22);4-9,12H,10-11H2,1-3H3,(H,21,22);5-9,11H,3-4,10,12H2,1-2H3,(H,21,22);4-8,10H,3,9,11H2,1-2H3,(H,20,21). The van der Waals surface area contributed by atoms with Crippen molar-refractivity contribution in [1.29, 1.82) is 0 Å². The summed E-state index contributed by atoms with van der Waals surface area (Å²) in [5.41, 5.74) is 27.2. The van der Waals surface area contributed by atoms with Gasteiger partial charge in [-0.1, -0.05) is 69.6 Å². The van der Waals surface area contributed by atoms with E-state index in [1.165, 1.54) is 91.2 Å². The third-order valence-electron chi connectivity index (χ3n) is 23.6. The number of oxime groups is 1. The Labute approximate surface area is 740 Å². The molecule has 11 aromatic heterocycles. The number of aliphatic imine (C=N–C) groups is 5. The van der Waals surface area contributed by atoms with Crippen molar-refractivity contribution in [3.63, 3.8) is 0 Å². The predicted molar refractivity (Wildman–Crippen MR) is 506 cm³/mol. The van der Waals surface area contributed by atoms with Crippen LogP contribution in [-0.2, 0) is 70.3 Å². The summed E-state index contributed by atoms with van der Waals surface area (Å²) in [6.07, 6.45) is 16.9. The molecule has 16 aromatic rings. The van der Waals surface area contributed by atoms with Gasteiger partial charge < -0.3 is 31.4 Å². The van der Waals surface area contributed by atoms with E-state index in [1.807, 2.05) is 84.9 Å². The molecule has 5 N–H and O–H groups in total. The van der Waals surface area contributed by atoms with Crippen molar-refractivity contribution in [2.24, 2.45) is 42.0 Å². The predicted octanol–water partition coefficient (Wildman–Crippen LogP) is 18.6. The van der Waals surface area contributed by atoms with E-state index in [-0.39, 0.29) is 11.8 Å². The van der Waals surface area contributed by atoms with Crippen LogP contribution in [-0.4, -0.2) is 120 Å². The van der Waals surface area contributed by atoms with Gasteiger partial charge in [-0.25, -0.2) is 4.39 Å². The molecule has 1 saturated carbocycles. The number of nitrogens with one attached hydrogen (secondary N) is 5. The normalized spacial score (nSPS) is 14.8. The lowest BCUT2D eigenvalue weighted by Crippen LogP contribution is -2.18. The molecule has 0 amide bonds. The molecular formula is C99H100FN27O. The molecule has 1 unspecified atom stereocenters. The Morgan fingerprint density at radius 2 is 0.680 bits per heavy atom. The van der Waals surface area contributed by atoms with Gasteiger partial charge in [0.25, 0.3) is 0 Å². The van der Waals surface area contributed by atoms with Crippen LogP contribution in [0.1, 0.15) is 157 Å². The maximum absolute atomic E-state index is 14.0. The van der Waals surface area contributed by atoms with Crippen LogP contribution < -0.4 is 26.6 Å². The molecule has 28 nitrogen and oxygen atoms in total. The Kier molecular flexibility index (Phi) is 23.5. The maximum Gasteiger partial charge on any atom is 0.152 e. The molecule has 7 aliphatic rings. The number of amidine groups is 5. The first kappa shape index (κ1) is 82.7. The molecule has 1 atom stereocenters. The van der Waals surface area contributed by atoms with Crippen molar-refractivity contribution in [1.82, 2.24) is 78.8 Å². The lowest BCUT2D eigenvalue weighted by molar-refractivity contribution is 0.0707. The van der Waals surface area contributed by atoms with Gasteiger partial charge in [0, 0.05) is 153 Å². The molecule has 128 heavy (non-hydrogen) atoms. The summed E-state index contributed by atoms with van der Waals surface area (Å²) in [6.45, 7) is 26.9. The molecular weight excluding hydrogens is 1600 g/mol. The number of aryl methyl sites for hydroxylation is 7. The average molecular weight is 1700 g/mol. The number of nitrogens with zero attached hydrogens (tertiary/aromatic N) is 22. The number of aromatic nitrogens is 16. The largest absolute Gasteiger partial charge is 0.390 e. The van der Waals surface area contributed by atoms with Crippen LogP contribution in [0.4, 0.5) is 32.8 Å². The zero-order chi connectivity index (χ0) is 87.5. The minimum Gasteiger partial charge on any atom is -0.390 e. The van der Waals surface area contributed by atoms with E-state index in [9.17, 15) is 4.39 Å². The van der Waals surface area contributed by atoms with Crippen molar-refractivity contribution in [3.8, 4) is 0 Å². The van der Waals surface area contributed by atoms with Crippen molar-refractivity contribution in [2.75, 3.05) is 26.6 Å². The monoisotopic (exact) mass is 1700 g/mol. The minimum absolute atomic E-state index is 0.239. The first-order chi connectivity index (χ1) is 62.6. The SMILES string of the molecule is CCCCn1nc(C)c2cc(NC3=NCc4cccnc43)ccc21.CCCn1nc(C)c2cc(NC3=NCc4cccnc43)ccc21.Cc1nn(CC(C)C)c2ccc(NC3=NCc4cccnc43)cc12.Cc1nn(CC2CC(c3ncccc3F)=NO2)c2ccc(NC3=NCc4cccnc43)cc12.Cc1nn(CC2CC2)c2ccc(NC3=NCc4cccnc43)cc12. The van der Waals surface area contributed by atoms with E-state index in [1.54, 1.807) is 18.5 Å². The van der Waals surface area contributed by atoms with Gasteiger partial charge in [0.15, 0.2) is 41.1 Å². The van der Waals surface area contributed by atoms with Crippen LogP contribution in [0.2, 0.25) is 0 Å². The number of benzene rings is 5. The molecule has 1 aliphatic carbocycles. The first-order valence-electron chi connectivity index (χ1n) is 44.1. The van der Waals surface area contributed by atoms with Gasteiger partial charge in [0.1, 0.15) is 39.9 Å². The zero-order valence-corrected chi connectivity index (χ0v) is 73.2. The second kappa shape index (κ2) is 36.4. The minimum atomic E-state index is -0.398. The zero-order valence-electron chi connectivity index (χ0n) is 73.2. The molecule has 0 bridgehead atoms. The molecule has 644 valence electrons. The third kappa shape index (κ3) is 17.7. The molecule has 1 fully saturated rings. The Morgan fingerprint density at radius 3 is 1.02 bits per heavy atom. The summed E-state index contributed by atoms with van der Waals surface area (Å²) in [6, 6.07) is 54.7. The number of unbranched alkanes of at least 4 members (excludes halogenated alkanes) is 1. The highest BCUT2D eigenvalue weighted by molar-refractivity contribution is 6.13. The summed E-state index contributed by atoms with van der Waals surface area (Å²) < 4.78 is 24.4. The van der Waals surface area contributed by atoms with Crippen LogP contribution in [0.5, 0.6) is 0 Å². The number of pyridine rings is 6. The van der Waals surface area contributed by atoms with Gasteiger partial charge in [-0.15, -0.1) is 0 Å². The van der Waals surface area contributed by atoms with Gasteiger partial charge in [-0.2, -0.15) is 25.5 Å². The van der Waals surface area contributed by atoms with Crippen molar-refractivity contribution < 1.29 is 9.23 Å². The highest BCUT2D eigenvalue weighted by atomic mass is 19.1. The third-order valence-corrected chi connectivity index (χ3v) is 23.6. The average Bonchev–Trinajstić information content (AvgIpc) is 1.63. The highest BCUT2D eigenvalue weighted by Crippen LogP contribution is 2.35. The summed E-state index contributed by atoms with van der Waals surface area (Å²) in [4.78, 5) is 54.7. The number of halogens is 1. The Morgan fingerprint density at radius 1 is 0.367 bits per heavy atom. The van der Waals surface area contributed by atoms with Gasteiger partial charge >= 0.3 is 0 Å². The van der Waals surface area contributed by atoms with E-state index in [0.717, 1.165) is 176 Å². The molecule has 5 aromatic carbocycles. The quantitative estimate of drug-likeness (QED) is 0.0566. The number of anilines is 5. The van der Waals surface area contributed by atoms with E-state index in [4.69, 9.17) is 15.0 Å². The fourth-order valence-electron chi connectivity index (χ4n) is 17.0. The fraction of sp³-hybridized carbons (Fsp3) is 0.283. The maximum atomic E-state index is 14.0. The van der Waals surface area contributed by atoms with E-state index in [0.29, 0.717) is 57.3 Å². The van der Waals surface area contributed by atoms with Crippen molar-refractivity contribution in [3.05, 3.63) is 297 Å². The molecule has 0 radical (unpaired) electrons. The van der Waals surface area contributed by atoms with Crippen LogP contribution in [0.25, 0.3) is 54.5 Å². The van der Waals surface area contributed by atoms with Crippen molar-refractivity contribution in [2.45, 2.75) is 172 Å². The molecule has 0 saturated heterocycles. The van der Waals surface area contributed by atoms with E-state index >= 15 is 0 Å². The summed E-state index contributed by atoms with van der Waals surface area (Å²) in [7, 11) is 0. The Bertz CT molecular complexity index is 6960. The summed E-state index contributed by atoms with van der Waals surface area (Å²) in [5.74, 6) is 5.16. The van der Waals surface area contributed by atoms with Crippen LogP contribution in [0, 0.1) is 52.3 Å². The van der Waals surface area contributed by atoms with Crippen molar-refractivity contribution >= 4 is 118 Å². The molecule has 0 spiro atoms. The molecule has 6 aliphatic heterocycles. The van der Waals surface area contributed by atoms with Gasteiger partial charge in [0.2, 0.25) is 0 Å². The number of hydrogen-bond donors (Lipinski definition) is 5. The van der Waals surface area contributed by atoms with Gasteiger partial charge in [-0.05, 0) is 206 Å². The van der Waals surface area contributed by atoms with Gasteiger partial charge in [0.05, 0.1) is 95.3 Å². The Hall–Kier alpha value is -14.9. The van der Waals surface area contributed by atoms with Crippen LogP contribution in [0.3, 0.4) is 0 Å². The van der Waals surface area contributed by atoms with Gasteiger partial charge in [-0.3, -0.25) is 78.3 Å². The second-order valence-electron chi connectivity index (χ2n) is 33.6. The molecule has 29 heteroatoms. The second-order valence-corrected chi connectivity index (χ2v) is 33.6. The molecule has 23 rings (SSSR count). The number of rotatable bonds is 17. The smallest absolute Gasteiger partial charge is 0.152 e. The lowest BCUT2D eigenvalue weighted by atomic mass is 10.1. The van der Waals surface area contributed by atoms with Crippen LogP contribution in [0.15, 0.2) is 231 Å². The van der Waals surface area contributed by atoms with E-state index in [2.05, 4.69) is 279 Å². The van der Waals surface area contributed by atoms with E-state index < -0.39 is 5.82 Å². The lowest BCUT2D eigenvalue weighted by Gasteiger charge is -2.10. The number of hydrogen-bond acceptors (Lipinski definition) is 23. The summed E-state index contributed by atoms with van der Waals surface area (Å²) >= 11 is 0. The summed E-state index contributed by atoms with van der Waals surface area (Å²) in [5, 5.41) is 50.4. The van der Waals surface area contributed by atoms with Crippen LogP contribution >= 0.6 is 0 Å². The Balaban J connectivity index is 0.000000105.